The summed E-state index contributed by atoms with van der Waals surface area (Å²) in [7, 11) is 3.36. The third-order valence-corrected chi connectivity index (χ3v) is 9.53. The molecular weight excluding hydrogens is 457 g/mol. The molecule has 0 saturated carbocycles. The molecule has 30 heavy (non-hydrogen) atoms. The van der Waals surface area contributed by atoms with Crippen molar-refractivity contribution >= 4 is 54.7 Å². The van der Waals surface area contributed by atoms with Crippen molar-refractivity contribution in [1.29, 1.82) is 0 Å². The van der Waals surface area contributed by atoms with Crippen molar-refractivity contribution in [2.24, 2.45) is 0 Å². The quantitative estimate of drug-likeness (QED) is 0.315. The van der Waals surface area contributed by atoms with Crippen LogP contribution in [0.3, 0.4) is 0 Å². The van der Waals surface area contributed by atoms with Crippen LogP contribution in [0.1, 0.15) is 38.8 Å². The molecule has 0 aliphatic carbocycles. The van der Waals surface area contributed by atoms with Gasteiger partial charge in [-0.1, -0.05) is 0 Å². The van der Waals surface area contributed by atoms with Crippen LogP contribution in [0.25, 0.3) is 28.9 Å². The highest BCUT2D eigenvalue weighted by molar-refractivity contribution is 7.34. The molecule has 0 atom stereocenters. The summed E-state index contributed by atoms with van der Waals surface area (Å²) in [5.74, 6) is 1.61. The minimum absolute atomic E-state index is 0.805. The SMILES string of the molecule is COc1c(-c2sccc2C(C)(C)O)sc2c(OC)c(-c3sccc3C(C)(C)O)sc12. The maximum Gasteiger partial charge on any atom is 0.156 e. The second-order valence-corrected chi connectivity index (χ2v) is 11.9. The zero-order chi connectivity index (χ0) is 21.8. The molecule has 0 saturated heterocycles. The van der Waals surface area contributed by atoms with E-state index < -0.39 is 11.2 Å². The number of fused-ring (bicyclic) bond motifs is 1. The van der Waals surface area contributed by atoms with Gasteiger partial charge in [0.05, 0.1) is 54.3 Å². The van der Waals surface area contributed by atoms with Gasteiger partial charge < -0.3 is 19.7 Å². The van der Waals surface area contributed by atoms with E-state index in [-0.39, 0.29) is 0 Å². The second kappa shape index (κ2) is 7.62. The number of thiophene rings is 4. The first kappa shape index (κ1) is 21.8. The van der Waals surface area contributed by atoms with Gasteiger partial charge in [0, 0.05) is 11.1 Å². The van der Waals surface area contributed by atoms with Crippen LogP contribution in [0.15, 0.2) is 22.9 Å². The fourth-order valence-corrected chi connectivity index (χ4v) is 8.68. The van der Waals surface area contributed by atoms with Gasteiger partial charge >= 0.3 is 0 Å². The highest BCUT2D eigenvalue weighted by Crippen LogP contribution is 2.58. The fraction of sp³-hybridized carbons (Fsp3) is 0.364. The lowest BCUT2D eigenvalue weighted by Crippen LogP contribution is -2.15. The summed E-state index contributed by atoms with van der Waals surface area (Å²) in [5, 5.41) is 25.2. The number of methoxy groups -OCH3 is 2. The molecule has 0 unspecified atom stereocenters. The highest BCUT2D eigenvalue weighted by atomic mass is 32.1. The first-order valence-corrected chi connectivity index (χ1v) is 12.8. The van der Waals surface area contributed by atoms with Crippen molar-refractivity contribution in [1.82, 2.24) is 0 Å². The lowest BCUT2D eigenvalue weighted by atomic mass is 9.98. The Morgan fingerprint density at radius 1 is 0.667 bits per heavy atom. The molecule has 0 radical (unpaired) electrons. The monoisotopic (exact) mass is 480 g/mol. The molecule has 0 fully saturated rings. The van der Waals surface area contributed by atoms with Crippen molar-refractivity contribution in [3.05, 3.63) is 34.0 Å². The largest absolute Gasteiger partial charge is 0.494 e. The molecule has 2 N–H and O–H groups in total. The fourth-order valence-electron chi connectivity index (χ4n) is 3.50. The molecule has 0 aliphatic rings. The summed E-state index contributed by atoms with van der Waals surface area (Å²) in [4.78, 5) is 4.04. The van der Waals surface area contributed by atoms with Gasteiger partial charge in [0.2, 0.25) is 0 Å². The lowest BCUT2D eigenvalue weighted by Gasteiger charge is -2.18. The predicted molar refractivity (Wildman–Crippen MR) is 130 cm³/mol. The smallest absolute Gasteiger partial charge is 0.156 e. The van der Waals surface area contributed by atoms with Gasteiger partial charge in [0.25, 0.3) is 0 Å². The van der Waals surface area contributed by atoms with Gasteiger partial charge in [-0.2, -0.15) is 0 Å². The van der Waals surface area contributed by atoms with E-state index in [9.17, 15) is 10.2 Å². The molecule has 0 spiro atoms. The first-order chi connectivity index (χ1) is 14.1. The van der Waals surface area contributed by atoms with E-state index in [4.69, 9.17) is 9.47 Å². The number of rotatable bonds is 6. The van der Waals surface area contributed by atoms with E-state index in [1.165, 1.54) is 0 Å². The van der Waals surface area contributed by atoms with E-state index in [0.717, 1.165) is 51.5 Å². The van der Waals surface area contributed by atoms with Crippen LogP contribution < -0.4 is 9.47 Å². The zero-order valence-electron chi connectivity index (χ0n) is 17.7. The predicted octanol–water partition coefficient (Wildman–Crippen LogP) is 6.89. The summed E-state index contributed by atoms with van der Waals surface area (Å²) < 4.78 is 13.8. The number of hydrogen-bond donors (Lipinski definition) is 2. The van der Waals surface area contributed by atoms with E-state index in [1.54, 1.807) is 87.3 Å². The van der Waals surface area contributed by atoms with Gasteiger partial charge in [-0.3, -0.25) is 0 Å². The topological polar surface area (TPSA) is 58.9 Å². The van der Waals surface area contributed by atoms with Crippen LogP contribution in [-0.4, -0.2) is 24.4 Å². The van der Waals surface area contributed by atoms with Gasteiger partial charge in [0.1, 0.15) is 0 Å². The molecule has 0 aromatic carbocycles. The molecular formula is C22H24O4S4. The zero-order valence-corrected chi connectivity index (χ0v) is 20.9. The summed E-state index contributed by atoms with van der Waals surface area (Å²) in [6.07, 6.45) is 0. The molecule has 0 amide bonds. The molecule has 4 aromatic rings. The Bertz CT molecular complexity index is 1100. The lowest BCUT2D eigenvalue weighted by molar-refractivity contribution is 0.0790. The third kappa shape index (κ3) is 3.49. The summed E-state index contributed by atoms with van der Waals surface area (Å²) in [5.41, 5.74) is -0.0973. The van der Waals surface area contributed by atoms with Gasteiger partial charge in [-0.15, -0.1) is 45.3 Å². The number of hydrogen-bond acceptors (Lipinski definition) is 8. The normalized spacial score (nSPS) is 12.7. The molecule has 4 rings (SSSR count). The summed E-state index contributed by atoms with van der Waals surface area (Å²) in [6, 6.07) is 3.94. The Kier molecular flexibility index (Phi) is 5.53. The molecule has 4 heterocycles. The second-order valence-electron chi connectivity index (χ2n) is 8.03. The molecule has 160 valence electrons. The average Bonchev–Trinajstić information content (AvgIpc) is 3.39. The van der Waals surface area contributed by atoms with Crippen LogP contribution >= 0.6 is 45.3 Å². The highest BCUT2D eigenvalue weighted by Gasteiger charge is 2.31. The van der Waals surface area contributed by atoms with Crippen molar-refractivity contribution in [2.75, 3.05) is 14.2 Å². The third-order valence-electron chi connectivity index (χ3n) is 4.91. The standard InChI is InChI=1S/C22H24O4S4/c1-21(2,23)11-7-9-27-15(11)17-13(25-5)19-20(29-17)14(26-6)18(30-19)16-12(8-10-28-16)22(3,4)24/h7-10,23-24H,1-6H3. The van der Waals surface area contributed by atoms with Gasteiger partial charge in [-0.25, -0.2) is 0 Å². The van der Waals surface area contributed by atoms with Crippen LogP contribution in [0.4, 0.5) is 0 Å². The summed E-state index contributed by atoms with van der Waals surface area (Å²) in [6.45, 7) is 7.20. The Balaban J connectivity index is 1.96. The van der Waals surface area contributed by atoms with Crippen molar-refractivity contribution in [3.8, 4) is 31.0 Å². The minimum Gasteiger partial charge on any atom is -0.494 e. The van der Waals surface area contributed by atoms with Crippen molar-refractivity contribution < 1.29 is 19.7 Å². The molecule has 0 aliphatic heterocycles. The van der Waals surface area contributed by atoms with E-state index >= 15 is 0 Å². The Morgan fingerprint density at radius 2 is 1.03 bits per heavy atom. The number of ether oxygens (including phenoxy) is 2. The maximum atomic E-state index is 10.6. The first-order valence-electron chi connectivity index (χ1n) is 9.36. The molecule has 4 nitrogen and oxygen atoms in total. The van der Waals surface area contributed by atoms with Crippen LogP contribution in [0.2, 0.25) is 0 Å². The number of aliphatic hydroxyl groups is 2. The molecule has 8 heteroatoms. The summed E-state index contributed by atoms with van der Waals surface area (Å²) >= 11 is 6.45. The van der Waals surface area contributed by atoms with Crippen molar-refractivity contribution in [3.63, 3.8) is 0 Å². The van der Waals surface area contributed by atoms with Crippen LogP contribution in [0.5, 0.6) is 11.5 Å². The molecule has 0 bridgehead atoms. The van der Waals surface area contributed by atoms with Crippen molar-refractivity contribution in [2.45, 2.75) is 38.9 Å². The Hall–Kier alpha value is -1.42. The van der Waals surface area contributed by atoms with Crippen LogP contribution in [0, 0.1) is 0 Å². The van der Waals surface area contributed by atoms with Gasteiger partial charge in [-0.05, 0) is 50.6 Å². The molecule has 4 aromatic heterocycles. The van der Waals surface area contributed by atoms with Gasteiger partial charge in [0.15, 0.2) is 11.5 Å². The Morgan fingerprint density at radius 3 is 1.33 bits per heavy atom. The maximum absolute atomic E-state index is 10.6. The van der Waals surface area contributed by atoms with Crippen LogP contribution in [-0.2, 0) is 11.2 Å². The van der Waals surface area contributed by atoms with E-state index in [0.29, 0.717) is 0 Å². The average molecular weight is 481 g/mol. The minimum atomic E-state index is -0.939. The van der Waals surface area contributed by atoms with E-state index in [1.807, 2.05) is 22.9 Å². The Labute approximate surface area is 192 Å². The van der Waals surface area contributed by atoms with E-state index in [2.05, 4.69) is 0 Å².